The van der Waals surface area contributed by atoms with Gasteiger partial charge in [0.2, 0.25) is 0 Å². The lowest BCUT2D eigenvalue weighted by molar-refractivity contribution is 0.145. The van der Waals surface area contributed by atoms with E-state index in [-0.39, 0.29) is 6.54 Å². The highest BCUT2D eigenvalue weighted by molar-refractivity contribution is 5.78. The Bertz CT molecular complexity index is 936. The minimum atomic E-state index is -1.51. The molecule has 0 bridgehead atoms. The molecule has 24 heavy (non-hydrogen) atoms. The van der Waals surface area contributed by atoms with Crippen molar-refractivity contribution >= 4 is 10.9 Å². The van der Waals surface area contributed by atoms with Crippen LogP contribution < -0.4 is 10.3 Å². The number of aromatic nitrogens is 2. The van der Waals surface area contributed by atoms with E-state index in [0.29, 0.717) is 16.7 Å². The molecule has 1 atom stereocenters. The van der Waals surface area contributed by atoms with Crippen molar-refractivity contribution in [3.63, 3.8) is 0 Å². The molecule has 0 aliphatic rings. The van der Waals surface area contributed by atoms with Gasteiger partial charge in [0.05, 0.1) is 36.4 Å². The third kappa shape index (κ3) is 2.85. The second kappa shape index (κ2) is 6.37. The van der Waals surface area contributed by atoms with E-state index in [2.05, 4.69) is 4.98 Å². The summed E-state index contributed by atoms with van der Waals surface area (Å²) in [5, 5.41) is 10.4. The first-order valence-corrected chi connectivity index (χ1v) is 7.16. The maximum atomic E-state index is 13.7. The zero-order valence-corrected chi connectivity index (χ0v) is 12.7. The number of hydrogen-bond donors (Lipinski definition) is 1. The van der Waals surface area contributed by atoms with Gasteiger partial charge in [0.25, 0.3) is 5.56 Å². The maximum Gasteiger partial charge on any atom is 0.261 e. The van der Waals surface area contributed by atoms with Gasteiger partial charge in [0, 0.05) is 6.07 Å². The molecule has 3 aromatic rings. The van der Waals surface area contributed by atoms with Gasteiger partial charge in [-0.05, 0) is 24.3 Å². The molecule has 1 heterocycles. The normalized spacial score (nSPS) is 12.3. The van der Waals surface area contributed by atoms with Gasteiger partial charge in [-0.1, -0.05) is 6.07 Å². The highest BCUT2D eigenvalue weighted by atomic mass is 19.1. The Balaban J connectivity index is 1.98. The average Bonchev–Trinajstić information content (AvgIpc) is 2.57. The molecule has 1 N–H and O–H groups in total. The van der Waals surface area contributed by atoms with Crippen LogP contribution in [0.15, 0.2) is 47.5 Å². The van der Waals surface area contributed by atoms with Crippen molar-refractivity contribution in [1.82, 2.24) is 9.55 Å². The third-order valence-corrected chi connectivity index (χ3v) is 3.73. The van der Waals surface area contributed by atoms with Gasteiger partial charge in [0.15, 0.2) is 0 Å². The van der Waals surface area contributed by atoms with E-state index in [1.807, 2.05) is 0 Å². The summed E-state index contributed by atoms with van der Waals surface area (Å²) in [7, 11) is 1.50. The minimum Gasteiger partial charge on any atom is -0.497 e. The van der Waals surface area contributed by atoms with Crippen molar-refractivity contribution in [2.24, 2.45) is 0 Å². The summed E-state index contributed by atoms with van der Waals surface area (Å²) in [6, 6.07) is 8.08. The van der Waals surface area contributed by atoms with Crippen LogP contribution in [0.25, 0.3) is 10.9 Å². The van der Waals surface area contributed by atoms with Crippen molar-refractivity contribution < 1.29 is 18.6 Å². The minimum absolute atomic E-state index is 0.314. The summed E-state index contributed by atoms with van der Waals surface area (Å²) in [4.78, 5) is 16.6. The second-order valence-corrected chi connectivity index (χ2v) is 5.24. The predicted octanol–water partition coefficient (Wildman–Crippen LogP) is 2.42. The SMILES string of the molecule is COc1ccc2c(=O)n(CC(O)c3c(F)cccc3F)cnc2c1. The summed E-state index contributed by atoms with van der Waals surface area (Å²) in [5.41, 5.74) is -0.458. The molecule has 124 valence electrons. The second-order valence-electron chi connectivity index (χ2n) is 5.24. The molecule has 0 radical (unpaired) electrons. The summed E-state index contributed by atoms with van der Waals surface area (Å²) < 4.78 is 33.6. The van der Waals surface area contributed by atoms with Gasteiger partial charge in [-0.25, -0.2) is 13.8 Å². The topological polar surface area (TPSA) is 64.3 Å². The highest BCUT2D eigenvalue weighted by Crippen LogP contribution is 2.22. The lowest BCUT2D eigenvalue weighted by Gasteiger charge is -2.14. The van der Waals surface area contributed by atoms with Gasteiger partial charge in [-0.3, -0.25) is 9.36 Å². The van der Waals surface area contributed by atoms with Crippen molar-refractivity contribution in [3.05, 3.63) is 70.3 Å². The Labute approximate surface area is 135 Å². The van der Waals surface area contributed by atoms with Crippen LogP contribution in [0.5, 0.6) is 5.75 Å². The number of methoxy groups -OCH3 is 1. The molecule has 0 amide bonds. The summed E-state index contributed by atoms with van der Waals surface area (Å²) in [6.45, 7) is -0.314. The molecule has 0 saturated carbocycles. The molecule has 0 spiro atoms. The molecule has 7 heteroatoms. The molecule has 3 rings (SSSR count). The van der Waals surface area contributed by atoms with Gasteiger partial charge >= 0.3 is 0 Å². The molecular weight excluding hydrogens is 318 g/mol. The summed E-state index contributed by atoms with van der Waals surface area (Å²) in [6.07, 6.45) is -0.284. The van der Waals surface area contributed by atoms with Crippen molar-refractivity contribution in [3.8, 4) is 5.75 Å². The summed E-state index contributed by atoms with van der Waals surface area (Å²) in [5.74, 6) is -1.18. The Morgan fingerprint density at radius 1 is 1.25 bits per heavy atom. The van der Waals surface area contributed by atoms with Crippen LogP contribution in [0.2, 0.25) is 0 Å². The van der Waals surface area contributed by atoms with E-state index in [1.165, 1.54) is 19.5 Å². The quantitative estimate of drug-likeness (QED) is 0.797. The monoisotopic (exact) mass is 332 g/mol. The molecule has 0 saturated heterocycles. The molecule has 0 fully saturated rings. The van der Waals surface area contributed by atoms with Crippen LogP contribution in [0, 0.1) is 11.6 Å². The van der Waals surface area contributed by atoms with Gasteiger partial charge in [0.1, 0.15) is 23.5 Å². The van der Waals surface area contributed by atoms with Crippen LogP contribution in [0.1, 0.15) is 11.7 Å². The fraction of sp³-hybridized carbons (Fsp3) is 0.176. The average molecular weight is 332 g/mol. The van der Waals surface area contributed by atoms with Gasteiger partial charge < -0.3 is 9.84 Å². The summed E-state index contributed by atoms with van der Waals surface area (Å²) >= 11 is 0. The third-order valence-electron chi connectivity index (χ3n) is 3.73. The van der Waals surface area contributed by atoms with Crippen molar-refractivity contribution in [2.75, 3.05) is 7.11 Å². The van der Waals surface area contributed by atoms with Crippen LogP contribution in [-0.4, -0.2) is 21.8 Å². The number of hydrogen-bond acceptors (Lipinski definition) is 4. The first kappa shape index (κ1) is 16.1. The molecule has 1 unspecified atom stereocenters. The fourth-order valence-corrected chi connectivity index (χ4v) is 2.50. The number of ether oxygens (including phenoxy) is 1. The molecule has 1 aromatic heterocycles. The van der Waals surface area contributed by atoms with Crippen molar-refractivity contribution in [1.29, 1.82) is 0 Å². The predicted molar refractivity (Wildman–Crippen MR) is 83.9 cm³/mol. The number of nitrogens with zero attached hydrogens (tertiary/aromatic N) is 2. The molecule has 0 aliphatic carbocycles. The number of halogens is 2. The van der Waals surface area contributed by atoms with Gasteiger partial charge in [-0.15, -0.1) is 0 Å². The first-order valence-electron chi connectivity index (χ1n) is 7.16. The van der Waals surface area contributed by atoms with Crippen LogP contribution in [0.4, 0.5) is 8.78 Å². The van der Waals surface area contributed by atoms with E-state index in [9.17, 15) is 18.7 Å². The molecule has 5 nitrogen and oxygen atoms in total. The van der Waals surface area contributed by atoms with Crippen LogP contribution >= 0.6 is 0 Å². The molecular formula is C17H14F2N2O3. The Morgan fingerprint density at radius 3 is 2.62 bits per heavy atom. The number of benzene rings is 2. The highest BCUT2D eigenvalue weighted by Gasteiger charge is 2.19. The van der Waals surface area contributed by atoms with Crippen molar-refractivity contribution in [2.45, 2.75) is 12.6 Å². The van der Waals surface area contributed by atoms with Gasteiger partial charge in [-0.2, -0.15) is 0 Å². The number of rotatable bonds is 4. The van der Waals surface area contributed by atoms with E-state index in [1.54, 1.807) is 18.2 Å². The number of aliphatic hydroxyl groups is 1. The Morgan fingerprint density at radius 2 is 1.96 bits per heavy atom. The molecule has 0 aliphatic heterocycles. The standard InChI is InChI=1S/C17H14F2N2O3/c1-24-10-5-6-11-14(7-10)20-9-21(17(11)23)8-15(22)16-12(18)3-2-4-13(16)19/h2-7,9,15,22H,8H2,1H3. The van der Waals surface area contributed by atoms with E-state index in [4.69, 9.17) is 4.74 Å². The largest absolute Gasteiger partial charge is 0.497 e. The molecule has 2 aromatic carbocycles. The van der Waals surface area contributed by atoms with Crippen LogP contribution in [0.3, 0.4) is 0 Å². The Kier molecular flexibility index (Phi) is 4.26. The first-order chi connectivity index (χ1) is 11.5. The maximum absolute atomic E-state index is 13.7. The Hall–Kier alpha value is -2.80. The fourth-order valence-electron chi connectivity index (χ4n) is 2.50. The smallest absolute Gasteiger partial charge is 0.261 e. The van der Waals surface area contributed by atoms with E-state index in [0.717, 1.165) is 16.7 Å². The zero-order chi connectivity index (χ0) is 17.3. The van der Waals surface area contributed by atoms with Crippen LogP contribution in [-0.2, 0) is 6.54 Å². The number of fused-ring (bicyclic) bond motifs is 1. The zero-order valence-electron chi connectivity index (χ0n) is 12.7. The lowest BCUT2D eigenvalue weighted by atomic mass is 10.1. The van der Waals surface area contributed by atoms with E-state index < -0.39 is 28.9 Å². The lowest BCUT2D eigenvalue weighted by Crippen LogP contribution is -2.24. The number of aliphatic hydroxyl groups excluding tert-OH is 1. The van der Waals surface area contributed by atoms with E-state index >= 15 is 0 Å².